The summed E-state index contributed by atoms with van der Waals surface area (Å²) in [5, 5.41) is 2.59. The number of rotatable bonds is 3. The lowest BCUT2D eigenvalue weighted by atomic mass is 9.63. The van der Waals surface area contributed by atoms with E-state index in [-0.39, 0.29) is 29.2 Å². The number of amidine groups is 1. The number of alkyl halides is 3. The van der Waals surface area contributed by atoms with Gasteiger partial charge in [-0.05, 0) is 30.2 Å². The molecule has 152 valence electrons. The van der Waals surface area contributed by atoms with Crippen LogP contribution in [0.4, 0.5) is 18.9 Å². The Morgan fingerprint density at radius 2 is 2.00 bits per heavy atom. The maximum absolute atomic E-state index is 14.9. The lowest BCUT2D eigenvalue weighted by molar-refractivity contribution is -0.120. The molecule has 7 nitrogen and oxygen atoms in total. The van der Waals surface area contributed by atoms with Crippen LogP contribution in [0.1, 0.15) is 35.0 Å². The maximum atomic E-state index is 14.9. The van der Waals surface area contributed by atoms with Crippen LogP contribution in [0.2, 0.25) is 0 Å². The van der Waals surface area contributed by atoms with Crippen LogP contribution in [0.15, 0.2) is 35.6 Å². The van der Waals surface area contributed by atoms with Gasteiger partial charge in [0.2, 0.25) is 5.88 Å². The number of nitrogens with two attached hydrogens (primary N) is 1. The highest BCUT2D eigenvalue weighted by atomic mass is 19.3. The Morgan fingerprint density at radius 3 is 2.66 bits per heavy atom. The third-order valence-corrected chi connectivity index (χ3v) is 5.33. The minimum Gasteiger partial charge on any atom is -0.480 e. The van der Waals surface area contributed by atoms with E-state index in [1.54, 1.807) is 12.1 Å². The molecule has 0 saturated heterocycles. The number of methoxy groups -OCH3 is 1. The van der Waals surface area contributed by atoms with E-state index in [1.807, 2.05) is 0 Å². The minimum absolute atomic E-state index is 0.0293. The van der Waals surface area contributed by atoms with E-state index in [2.05, 4.69) is 20.3 Å². The number of aromatic nitrogens is 2. The maximum Gasteiger partial charge on any atom is 0.280 e. The normalized spacial score (nSPS) is 26.9. The number of nitrogens with zero attached hydrogens (tertiary/aromatic N) is 3. The van der Waals surface area contributed by atoms with Crippen LogP contribution in [0.3, 0.4) is 0 Å². The van der Waals surface area contributed by atoms with Gasteiger partial charge < -0.3 is 15.8 Å². The molecule has 2 aliphatic rings. The zero-order valence-electron chi connectivity index (χ0n) is 15.7. The van der Waals surface area contributed by atoms with Crippen LogP contribution < -0.4 is 15.8 Å². The largest absolute Gasteiger partial charge is 0.480 e. The van der Waals surface area contributed by atoms with Gasteiger partial charge >= 0.3 is 0 Å². The number of aliphatic imine (C=N–C) groups is 1. The zero-order chi connectivity index (χ0) is 21.0. The summed E-state index contributed by atoms with van der Waals surface area (Å²) < 4.78 is 48.9. The number of ether oxygens (including phenoxy) is 1. The molecule has 3 N–H and O–H groups in total. The molecule has 2 atom stereocenters. The lowest BCUT2D eigenvalue weighted by Crippen LogP contribution is -2.61. The van der Waals surface area contributed by atoms with E-state index >= 15 is 0 Å². The smallest absolute Gasteiger partial charge is 0.280 e. The molecular formula is C19H18F3N5O2. The van der Waals surface area contributed by atoms with Crippen LogP contribution >= 0.6 is 0 Å². The fourth-order valence-electron chi connectivity index (χ4n) is 3.68. The predicted octanol–water partition coefficient (Wildman–Crippen LogP) is 2.61. The van der Waals surface area contributed by atoms with Gasteiger partial charge in [0.15, 0.2) is 11.2 Å². The second-order valence-corrected chi connectivity index (χ2v) is 7.38. The van der Waals surface area contributed by atoms with Crippen molar-refractivity contribution in [2.75, 3.05) is 12.4 Å². The highest BCUT2D eigenvalue weighted by Crippen LogP contribution is 2.57. The average Bonchev–Trinajstić information content (AvgIpc) is 2.65. The highest BCUT2D eigenvalue weighted by Gasteiger charge is 2.66. The molecule has 0 radical (unpaired) electrons. The summed E-state index contributed by atoms with van der Waals surface area (Å²) in [5.41, 5.74) is 2.53. The minimum atomic E-state index is -3.42. The van der Waals surface area contributed by atoms with E-state index in [9.17, 15) is 18.0 Å². The summed E-state index contributed by atoms with van der Waals surface area (Å²) in [6.45, 7) is 0.999. The van der Waals surface area contributed by atoms with Gasteiger partial charge in [0.05, 0.1) is 25.9 Å². The van der Waals surface area contributed by atoms with Gasteiger partial charge in [-0.15, -0.1) is 0 Å². The van der Waals surface area contributed by atoms with Crippen molar-refractivity contribution in [2.24, 2.45) is 10.7 Å². The van der Waals surface area contributed by atoms with Crippen molar-refractivity contribution in [1.29, 1.82) is 0 Å². The Hall–Kier alpha value is -3.17. The van der Waals surface area contributed by atoms with Crippen molar-refractivity contribution >= 4 is 17.4 Å². The molecule has 1 spiro atoms. The van der Waals surface area contributed by atoms with Crippen molar-refractivity contribution in [3.05, 3.63) is 47.4 Å². The number of hydrogen-bond donors (Lipinski definition) is 2. The molecule has 2 heterocycles. The third-order valence-electron chi connectivity index (χ3n) is 5.33. The number of carbonyl (C=O) groups excluding carboxylic acids is 1. The molecule has 29 heavy (non-hydrogen) atoms. The number of anilines is 1. The monoisotopic (exact) mass is 405 g/mol. The molecule has 1 amide bonds. The van der Waals surface area contributed by atoms with E-state index < -0.39 is 35.3 Å². The Morgan fingerprint density at radius 1 is 1.24 bits per heavy atom. The van der Waals surface area contributed by atoms with Gasteiger partial charge in [-0.25, -0.2) is 23.1 Å². The summed E-state index contributed by atoms with van der Waals surface area (Å²) >= 11 is 0. The Bertz CT molecular complexity index is 1020. The van der Waals surface area contributed by atoms with Crippen LogP contribution in [0.5, 0.6) is 5.88 Å². The van der Waals surface area contributed by atoms with Crippen LogP contribution in [0, 0.1) is 0 Å². The molecule has 0 bridgehead atoms. The van der Waals surface area contributed by atoms with Crippen LogP contribution in [-0.2, 0) is 12.0 Å². The van der Waals surface area contributed by atoms with Gasteiger partial charge in [0, 0.05) is 12.1 Å². The van der Waals surface area contributed by atoms with Gasteiger partial charge in [-0.1, -0.05) is 6.07 Å². The van der Waals surface area contributed by atoms with Crippen LogP contribution in [0.25, 0.3) is 0 Å². The molecule has 1 aromatic carbocycles. The van der Waals surface area contributed by atoms with Crippen molar-refractivity contribution < 1.29 is 22.7 Å². The summed E-state index contributed by atoms with van der Waals surface area (Å²) in [6, 6.07) is 4.63. The predicted molar refractivity (Wildman–Crippen MR) is 99.1 cm³/mol. The van der Waals surface area contributed by atoms with Gasteiger partial charge in [0.1, 0.15) is 11.5 Å². The SMILES string of the molecule is COc1cnc(C(=O)Nc2ccc3c(c2)[C@@]2(C3)N=C(N)[C@@](C)(F)CC2(F)F)cn1. The molecule has 2 aromatic rings. The summed E-state index contributed by atoms with van der Waals surface area (Å²) in [4.78, 5) is 24.1. The zero-order valence-corrected chi connectivity index (χ0v) is 15.7. The second kappa shape index (κ2) is 6.16. The van der Waals surface area contributed by atoms with E-state index in [1.165, 1.54) is 25.6 Å². The molecule has 0 saturated carbocycles. The first-order valence-corrected chi connectivity index (χ1v) is 8.81. The molecule has 4 rings (SSSR count). The number of carbonyl (C=O) groups is 1. The first kappa shape index (κ1) is 19.2. The molecule has 1 aliphatic carbocycles. The van der Waals surface area contributed by atoms with Gasteiger partial charge in [-0.3, -0.25) is 9.79 Å². The first-order chi connectivity index (χ1) is 13.6. The first-order valence-electron chi connectivity index (χ1n) is 8.81. The lowest BCUT2D eigenvalue weighted by Gasteiger charge is -2.50. The number of halogens is 3. The Labute approximate surface area is 164 Å². The van der Waals surface area contributed by atoms with Crippen LogP contribution in [-0.4, -0.2) is 40.4 Å². The van der Waals surface area contributed by atoms with Gasteiger partial charge in [-0.2, -0.15) is 0 Å². The number of hydrogen-bond acceptors (Lipinski definition) is 6. The van der Waals surface area contributed by atoms with E-state index in [0.29, 0.717) is 5.56 Å². The highest BCUT2D eigenvalue weighted by molar-refractivity contribution is 6.02. The second-order valence-electron chi connectivity index (χ2n) is 7.38. The third kappa shape index (κ3) is 2.90. The fraction of sp³-hybridized carbons (Fsp3) is 0.368. The average molecular weight is 405 g/mol. The molecule has 10 heteroatoms. The molecule has 1 aromatic heterocycles. The summed E-state index contributed by atoms with van der Waals surface area (Å²) in [5.74, 6) is -4.18. The van der Waals surface area contributed by atoms with Gasteiger partial charge in [0.25, 0.3) is 11.8 Å². The topological polar surface area (TPSA) is 102 Å². The number of fused-ring (bicyclic) bond motifs is 2. The van der Waals surface area contributed by atoms with Crippen molar-refractivity contribution in [1.82, 2.24) is 9.97 Å². The molecule has 1 aliphatic heterocycles. The number of benzene rings is 1. The van der Waals surface area contributed by atoms with E-state index in [4.69, 9.17) is 10.5 Å². The quantitative estimate of drug-likeness (QED) is 0.817. The number of nitrogens with one attached hydrogen (secondary N) is 1. The summed E-state index contributed by atoms with van der Waals surface area (Å²) in [7, 11) is 1.42. The number of amides is 1. The standard InChI is InChI=1S/C19H18F3N5O2/c1-17(20)9-19(21,22)18(27-16(17)23)6-10-3-4-11(5-12(10)18)26-15(28)13-7-25-14(29-2)8-24-13/h3-5,7-8H,6,9H2,1-2H3,(H2,23,27)(H,26,28)/t17-,18+/m0/s1. The van der Waals surface area contributed by atoms with Crippen molar-refractivity contribution in [3.63, 3.8) is 0 Å². The van der Waals surface area contributed by atoms with Crippen molar-refractivity contribution in [3.8, 4) is 5.88 Å². The Kier molecular flexibility index (Phi) is 4.07. The molecule has 0 unspecified atom stereocenters. The summed E-state index contributed by atoms with van der Waals surface area (Å²) in [6.07, 6.45) is 1.42. The molecule has 0 fully saturated rings. The van der Waals surface area contributed by atoms with Crippen molar-refractivity contribution in [2.45, 2.75) is 36.9 Å². The Balaban J connectivity index is 1.64. The fourth-order valence-corrected chi connectivity index (χ4v) is 3.68. The van der Waals surface area contributed by atoms with E-state index in [0.717, 1.165) is 6.92 Å². The molecular weight excluding hydrogens is 387 g/mol.